The number of para-hydroxylation sites is 1. The second-order valence-electron chi connectivity index (χ2n) is 10.9. The first-order valence-corrected chi connectivity index (χ1v) is 15.3. The number of fused-ring (bicyclic) bond motifs is 3. The third-order valence-electron chi connectivity index (χ3n) is 8.57. The molecule has 3 heterocycles. The number of rotatable bonds is 5. The molecular formula is C37H29N3S. The molecule has 0 atom stereocenters. The number of hydrogen-bond acceptors (Lipinski definition) is 3. The van der Waals surface area contributed by atoms with Crippen molar-refractivity contribution in [3.05, 3.63) is 149 Å². The predicted molar refractivity (Wildman–Crippen MR) is 170 cm³/mol. The molecule has 41 heavy (non-hydrogen) atoms. The van der Waals surface area contributed by atoms with Crippen molar-refractivity contribution in [1.82, 2.24) is 14.5 Å². The normalized spacial score (nSPS) is 13.2. The highest BCUT2D eigenvalue weighted by molar-refractivity contribution is 7.17. The van der Waals surface area contributed by atoms with Gasteiger partial charge in [-0.3, -0.25) is 9.55 Å². The molecule has 0 unspecified atom stereocenters. The van der Waals surface area contributed by atoms with Crippen LogP contribution in [0.1, 0.15) is 46.6 Å². The minimum atomic E-state index is 0.205. The summed E-state index contributed by atoms with van der Waals surface area (Å²) in [6, 6.07) is 37.3. The van der Waals surface area contributed by atoms with Crippen molar-refractivity contribution in [2.24, 2.45) is 0 Å². The van der Waals surface area contributed by atoms with E-state index in [1.807, 2.05) is 18.6 Å². The van der Waals surface area contributed by atoms with Crippen LogP contribution in [0.15, 0.2) is 121 Å². The molecule has 7 aromatic rings. The van der Waals surface area contributed by atoms with E-state index in [1.165, 1.54) is 62.2 Å². The molecular weight excluding hydrogens is 518 g/mol. The summed E-state index contributed by atoms with van der Waals surface area (Å²) in [7, 11) is 0. The van der Waals surface area contributed by atoms with Crippen LogP contribution in [-0.2, 0) is 12.8 Å². The fourth-order valence-electron chi connectivity index (χ4n) is 6.74. The topological polar surface area (TPSA) is 30.7 Å². The smallest absolute Gasteiger partial charge is 0.100 e. The Morgan fingerprint density at radius 2 is 1.41 bits per heavy atom. The van der Waals surface area contributed by atoms with E-state index >= 15 is 0 Å². The maximum Gasteiger partial charge on any atom is 0.100 e. The Balaban J connectivity index is 1.34. The van der Waals surface area contributed by atoms with Crippen molar-refractivity contribution in [3.8, 4) is 16.8 Å². The molecule has 0 radical (unpaired) electrons. The molecule has 1 aliphatic carbocycles. The first-order valence-electron chi connectivity index (χ1n) is 14.4. The minimum absolute atomic E-state index is 0.205. The lowest BCUT2D eigenvalue weighted by Gasteiger charge is -2.28. The highest BCUT2D eigenvalue weighted by Gasteiger charge is 2.26. The predicted octanol–water partition coefficient (Wildman–Crippen LogP) is 9.36. The fraction of sp³-hybridized carbons (Fsp3) is 0.135. The summed E-state index contributed by atoms with van der Waals surface area (Å²) in [6.45, 7) is 0. The van der Waals surface area contributed by atoms with Crippen molar-refractivity contribution >= 4 is 32.6 Å². The second kappa shape index (κ2) is 10.1. The summed E-state index contributed by atoms with van der Waals surface area (Å²) in [5, 5.41) is 2.24. The molecule has 0 amide bonds. The molecule has 0 saturated carbocycles. The standard InChI is InChI=1S/C37H29N3S/c1-3-11-25(12-4-1)35(26-13-5-2-6-14-26)29-20-21-33(28-16-8-7-15-27(28)29)40-24-39-32-18-9-17-30(37(32)40)31-23-41-34-19-10-22-38-36(31)34/h1-6,9-14,17-24,35H,7-8,15-16H2. The number of aromatic nitrogens is 3. The Morgan fingerprint density at radius 1 is 0.659 bits per heavy atom. The summed E-state index contributed by atoms with van der Waals surface area (Å²) in [5.41, 5.74) is 13.9. The van der Waals surface area contributed by atoms with Crippen molar-refractivity contribution in [1.29, 1.82) is 0 Å². The highest BCUT2D eigenvalue weighted by Crippen LogP contribution is 2.42. The SMILES string of the molecule is c1ccc(C(c2ccccc2)c2ccc(-n3cnc4cccc(-c5csc6cccnc56)c43)c3c2CCCC3)cc1. The van der Waals surface area contributed by atoms with Crippen LogP contribution in [-0.4, -0.2) is 14.5 Å². The first-order chi connectivity index (χ1) is 20.4. The van der Waals surface area contributed by atoms with Crippen LogP contribution >= 0.6 is 11.3 Å². The summed E-state index contributed by atoms with van der Waals surface area (Å²) in [4.78, 5) is 9.64. The van der Waals surface area contributed by atoms with Crippen LogP contribution in [0, 0.1) is 0 Å². The average molecular weight is 548 g/mol. The van der Waals surface area contributed by atoms with E-state index in [2.05, 4.69) is 107 Å². The molecule has 0 aliphatic heterocycles. The Morgan fingerprint density at radius 3 is 2.20 bits per heavy atom. The lowest BCUT2D eigenvalue weighted by molar-refractivity contribution is 0.672. The second-order valence-corrected chi connectivity index (χ2v) is 11.8. The Kier molecular flexibility index (Phi) is 6.00. The van der Waals surface area contributed by atoms with Gasteiger partial charge in [-0.2, -0.15) is 0 Å². The lowest BCUT2D eigenvalue weighted by Crippen LogP contribution is -2.14. The van der Waals surface area contributed by atoms with Crippen molar-refractivity contribution in [2.45, 2.75) is 31.6 Å². The molecule has 0 spiro atoms. The van der Waals surface area contributed by atoms with E-state index in [9.17, 15) is 0 Å². The van der Waals surface area contributed by atoms with Gasteiger partial charge in [0, 0.05) is 28.6 Å². The van der Waals surface area contributed by atoms with Crippen LogP contribution in [0.3, 0.4) is 0 Å². The summed E-state index contributed by atoms with van der Waals surface area (Å²) in [6.07, 6.45) is 8.53. The molecule has 1 aliphatic rings. The van der Waals surface area contributed by atoms with Gasteiger partial charge in [0.2, 0.25) is 0 Å². The average Bonchev–Trinajstić information content (AvgIpc) is 3.67. The third kappa shape index (κ3) is 4.10. The van der Waals surface area contributed by atoms with E-state index in [1.54, 1.807) is 11.3 Å². The van der Waals surface area contributed by atoms with Gasteiger partial charge in [-0.15, -0.1) is 11.3 Å². The maximum absolute atomic E-state index is 4.89. The van der Waals surface area contributed by atoms with Crippen LogP contribution in [0.5, 0.6) is 0 Å². The van der Waals surface area contributed by atoms with Crippen molar-refractivity contribution in [3.63, 3.8) is 0 Å². The largest absolute Gasteiger partial charge is 0.298 e. The Bertz CT molecular complexity index is 1960. The zero-order valence-corrected chi connectivity index (χ0v) is 23.5. The number of nitrogens with zero attached hydrogens (tertiary/aromatic N) is 3. The third-order valence-corrected chi connectivity index (χ3v) is 9.51. The van der Waals surface area contributed by atoms with Gasteiger partial charge in [0.25, 0.3) is 0 Å². The molecule has 4 aromatic carbocycles. The quantitative estimate of drug-likeness (QED) is 0.201. The molecule has 0 fully saturated rings. The van der Waals surface area contributed by atoms with Crippen LogP contribution in [0.2, 0.25) is 0 Å². The van der Waals surface area contributed by atoms with Gasteiger partial charge >= 0.3 is 0 Å². The molecule has 8 rings (SSSR count). The van der Waals surface area contributed by atoms with Gasteiger partial charge in [0.1, 0.15) is 6.33 Å². The number of hydrogen-bond donors (Lipinski definition) is 0. The monoisotopic (exact) mass is 547 g/mol. The van der Waals surface area contributed by atoms with Gasteiger partial charge in [0.05, 0.1) is 26.9 Å². The van der Waals surface area contributed by atoms with Gasteiger partial charge in [-0.05, 0) is 77.8 Å². The zero-order chi connectivity index (χ0) is 27.2. The molecule has 3 nitrogen and oxygen atoms in total. The van der Waals surface area contributed by atoms with E-state index in [0.29, 0.717) is 0 Å². The van der Waals surface area contributed by atoms with E-state index < -0.39 is 0 Å². The number of thiophene rings is 1. The van der Waals surface area contributed by atoms with Crippen LogP contribution in [0.25, 0.3) is 38.1 Å². The van der Waals surface area contributed by atoms with E-state index in [-0.39, 0.29) is 5.92 Å². The molecule has 4 heteroatoms. The Hall–Kier alpha value is -4.54. The number of benzene rings is 4. The molecule has 3 aromatic heterocycles. The Labute approximate surface area is 243 Å². The van der Waals surface area contributed by atoms with Gasteiger partial charge in [-0.25, -0.2) is 4.98 Å². The molecule has 198 valence electrons. The maximum atomic E-state index is 4.89. The van der Waals surface area contributed by atoms with Crippen LogP contribution in [0.4, 0.5) is 0 Å². The molecule has 0 N–H and O–H groups in total. The zero-order valence-electron chi connectivity index (χ0n) is 22.7. The number of imidazole rings is 1. The van der Waals surface area contributed by atoms with Gasteiger partial charge in [-0.1, -0.05) is 78.9 Å². The summed E-state index contributed by atoms with van der Waals surface area (Å²) >= 11 is 1.75. The van der Waals surface area contributed by atoms with Gasteiger partial charge in [0.15, 0.2) is 0 Å². The van der Waals surface area contributed by atoms with Crippen LogP contribution < -0.4 is 0 Å². The highest BCUT2D eigenvalue weighted by atomic mass is 32.1. The first kappa shape index (κ1) is 24.3. The number of pyridine rings is 1. The van der Waals surface area contributed by atoms with Crippen molar-refractivity contribution < 1.29 is 0 Å². The lowest BCUT2D eigenvalue weighted by atomic mass is 9.77. The molecule has 0 saturated heterocycles. The summed E-state index contributed by atoms with van der Waals surface area (Å²) in [5.74, 6) is 0.205. The fourth-order valence-corrected chi connectivity index (χ4v) is 7.65. The summed E-state index contributed by atoms with van der Waals surface area (Å²) < 4.78 is 3.55. The minimum Gasteiger partial charge on any atom is -0.298 e. The van der Waals surface area contributed by atoms with E-state index in [0.717, 1.165) is 29.4 Å². The van der Waals surface area contributed by atoms with Crippen molar-refractivity contribution in [2.75, 3.05) is 0 Å². The van der Waals surface area contributed by atoms with Gasteiger partial charge < -0.3 is 0 Å². The molecule has 0 bridgehead atoms. The van der Waals surface area contributed by atoms with E-state index in [4.69, 9.17) is 9.97 Å².